The second-order valence-electron chi connectivity index (χ2n) is 4.59. The van der Waals surface area contributed by atoms with Gasteiger partial charge in [-0.25, -0.2) is 8.42 Å². The number of hydrogen-bond donors (Lipinski definition) is 3. The van der Waals surface area contributed by atoms with Crippen LogP contribution in [0.5, 0.6) is 17.2 Å². The summed E-state index contributed by atoms with van der Waals surface area (Å²) in [6.45, 7) is 0. The van der Waals surface area contributed by atoms with E-state index in [9.17, 15) is 18.3 Å². The zero-order valence-corrected chi connectivity index (χ0v) is 13.8. The topological polar surface area (TPSA) is 114 Å². The number of nitrogens with one attached hydrogen (secondary N) is 2. The van der Waals surface area contributed by atoms with Crippen LogP contribution in [-0.2, 0) is 10.0 Å². The van der Waals surface area contributed by atoms with Gasteiger partial charge < -0.3 is 14.6 Å². The number of amides is 1. The van der Waals surface area contributed by atoms with Gasteiger partial charge in [-0.05, 0) is 24.3 Å². The largest absolute Gasteiger partial charge is 0.507 e. The van der Waals surface area contributed by atoms with Crippen LogP contribution in [0.2, 0.25) is 0 Å². The highest BCUT2D eigenvalue weighted by Gasteiger charge is 2.19. The molecule has 0 aliphatic carbocycles. The van der Waals surface area contributed by atoms with Gasteiger partial charge in [-0.15, -0.1) is 4.83 Å². The standard InChI is InChI=1S/C15H16N2O6S/c1-22-13-8-7-10(9-14(13)23-2)24(20,21)17-16-15(19)11-5-3-4-6-12(11)18/h3-9,17-18H,1-2H3,(H,16,19). The average Bonchev–Trinajstić information content (AvgIpc) is 2.59. The minimum Gasteiger partial charge on any atom is -0.507 e. The van der Waals surface area contributed by atoms with E-state index in [0.717, 1.165) is 0 Å². The van der Waals surface area contributed by atoms with E-state index in [4.69, 9.17) is 9.47 Å². The molecule has 0 bridgehead atoms. The minimum absolute atomic E-state index is 0.0625. The van der Waals surface area contributed by atoms with Gasteiger partial charge in [0, 0.05) is 6.07 Å². The molecule has 0 unspecified atom stereocenters. The smallest absolute Gasteiger partial charge is 0.269 e. The van der Waals surface area contributed by atoms with E-state index in [1.807, 2.05) is 10.3 Å². The lowest BCUT2D eigenvalue weighted by molar-refractivity contribution is 0.0942. The van der Waals surface area contributed by atoms with Crippen LogP contribution in [0.4, 0.5) is 0 Å². The SMILES string of the molecule is COc1ccc(S(=O)(=O)NNC(=O)c2ccccc2O)cc1OC. The van der Waals surface area contributed by atoms with Gasteiger partial charge in [0.25, 0.3) is 15.9 Å². The van der Waals surface area contributed by atoms with Gasteiger partial charge in [0.15, 0.2) is 11.5 Å². The molecule has 2 rings (SSSR count). The van der Waals surface area contributed by atoms with Crippen molar-refractivity contribution in [1.82, 2.24) is 10.3 Å². The first-order chi connectivity index (χ1) is 11.4. The van der Waals surface area contributed by atoms with Crippen molar-refractivity contribution in [2.24, 2.45) is 0 Å². The normalized spacial score (nSPS) is 10.9. The molecule has 0 aliphatic heterocycles. The van der Waals surface area contributed by atoms with Crippen molar-refractivity contribution in [2.75, 3.05) is 14.2 Å². The van der Waals surface area contributed by atoms with Crippen LogP contribution < -0.4 is 19.7 Å². The van der Waals surface area contributed by atoms with Gasteiger partial charge >= 0.3 is 0 Å². The average molecular weight is 352 g/mol. The maximum absolute atomic E-state index is 12.2. The number of phenols is 1. The number of sulfonamides is 1. The lowest BCUT2D eigenvalue weighted by Gasteiger charge is -2.12. The summed E-state index contributed by atoms with van der Waals surface area (Å²) in [5, 5.41) is 9.58. The van der Waals surface area contributed by atoms with Gasteiger partial charge in [0.05, 0.1) is 24.7 Å². The molecule has 0 saturated heterocycles. The summed E-state index contributed by atoms with van der Waals surface area (Å²) < 4.78 is 34.6. The van der Waals surface area contributed by atoms with Crippen molar-refractivity contribution >= 4 is 15.9 Å². The number of hydrogen-bond acceptors (Lipinski definition) is 6. The molecule has 2 aromatic rings. The summed E-state index contributed by atoms with van der Waals surface area (Å²) in [4.78, 5) is 13.8. The molecule has 0 aromatic heterocycles. The molecule has 0 heterocycles. The van der Waals surface area contributed by atoms with Crippen molar-refractivity contribution in [2.45, 2.75) is 4.90 Å². The van der Waals surface area contributed by atoms with Crippen molar-refractivity contribution in [1.29, 1.82) is 0 Å². The predicted molar refractivity (Wildman–Crippen MR) is 85.4 cm³/mol. The van der Waals surface area contributed by atoms with Gasteiger partial charge in [0.2, 0.25) is 0 Å². The third-order valence-electron chi connectivity index (χ3n) is 3.11. The number of aromatic hydroxyl groups is 1. The summed E-state index contributed by atoms with van der Waals surface area (Å²) in [7, 11) is -1.23. The minimum atomic E-state index is -4.03. The molecule has 9 heteroatoms. The molecule has 0 fully saturated rings. The zero-order chi connectivity index (χ0) is 17.7. The fraction of sp³-hybridized carbons (Fsp3) is 0.133. The van der Waals surface area contributed by atoms with Crippen molar-refractivity contribution in [3.8, 4) is 17.2 Å². The second kappa shape index (κ2) is 7.20. The Kier molecular flexibility index (Phi) is 5.27. The number of methoxy groups -OCH3 is 2. The molecule has 0 spiro atoms. The zero-order valence-electron chi connectivity index (χ0n) is 12.9. The van der Waals surface area contributed by atoms with Crippen molar-refractivity contribution in [3.63, 3.8) is 0 Å². The Hall–Kier alpha value is -2.78. The van der Waals surface area contributed by atoms with Crippen LogP contribution in [0.25, 0.3) is 0 Å². The number of carbonyl (C=O) groups is 1. The monoisotopic (exact) mass is 352 g/mol. The predicted octanol–water partition coefficient (Wildman–Crippen LogP) is 1.03. The quantitative estimate of drug-likeness (QED) is 0.669. The molecule has 0 atom stereocenters. The Bertz CT molecular complexity index is 851. The molecule has 128 valence electrons. The molecule has 1 amide bonds. The summed E-state index contributed by atoms with van der Waals surface area (Å²) in [6.07, 6.45) is 0. The number of benzene rings is 2. The fourth-order valence-corrected chi connectivity index (χ4v) is 2.74. The highest BCUT2D eigenvalue weighted by molar-refractivity contribution is 7.89. The Morgan fingerprint density at radius 1 is 1.04 bits per heavy atom. The summed E-state index contributed by atoms with van der Waals surface area (Å²) >= 11 is 0. The van der Waals surface area contributed by atoms with Crippen LogP contribution in [0.3, 0.4) is 0 Å². The number of ether oxygens (including phenoxy) is 2. The van der Waals surface area contributed by atoms with E-state index in [-0.39, 0.29) is 22.0 Å². The maximum Gasteiger partial charge on any atom is 0.269 e. The lowest BCUT2D eigenvalue weighted by atomic mass is 10.2. The molecular formula is C15H16N2O6S. The Morgan fingerprint density at radius 2 is 1.71 bits per heavy atom. The molecule has 2 aromatic carbocycles. The Labute approximate surface area is 139 Å². The Balaban J connectivity index is 2.17. The van der Waals surface area contributed by atoms with E-state index in [1.54, 1.807) is 6.07 Å². The van der Waals surface area contributed by atoms with Crippen LogP contribution >= 0.6 is 0 Å². The molecule has 0 aliphatic rings. The van der Waals surface area contributed by atoms with Crippen LogP contribution in [-0.4, -0.2) is 33.7 Å². The van der Waals surface area contributed by atoms with Crippen LogP contribution in [0.15, 0.2) is 47.4 Å². The van der Waals surface area contributed by atoms with E-state index < -0.39 is 15.9 Å². The van der Waals surface area contributed by atoms with Crippen molar-refractivity contribution < 1.29 is 27.8 Å². The summed E-state index contributed by atoms with van der Waals surface area (Å²) in [5.74, 6) is -0.459. The molecular weight excluding hydrogens is 336 g/mol. The first-order valence-electron chi connectivity index (χ1n) is 6.71. The molecule has 0 radical (unpaired) electrons. The van der Waals surface area contributed by atoms with Crippen LogP contribution in [0.1, 0.15) is 10.4 Å². The molecule has 0 saturated carbocycles. The van der Waals surface area contributed by atoms with E-state index in [2.05, 4.69) is 0 Å². The number of para-hydroxylation sites is 1. The van der Waals surface area contributed by atoms with Crippen molar-refractivity contribution in [3.05, 3.63) is 48.0 Å². The lowest BCUT2D eigenvalue weighted by Crippen LogP contribution is -2.41. The highest BCUT2D eigenvalue weighted by Crippen LogP contribution is 2.29. The van der Waals surface area contributed by atoms with Crippen LogP contribution in [0, 0.1) is 0 Å². The first-order valence-corrected chi connectivity index (χ1v) is 8.19. The van der Waals surface area contributed by atoms with E-state index in [0.29, 0.717) is 5.75 Å². The van der Waals surface area contributed by atoms with Gasteiger partial charge in [-0.2, -0.15) is 0 Å². The number of phenolic OH excluding ortho intramolecular Hbond substituents is 1. The number of carbonyl (C=O) groups excluding carboxylic acids is 1. The molecule has 24 heavy (non-hydrogen) atoms. The fourth-order valence-electron chi connectivity index (χ4n) is 1.89. The van der Waals surface area contributed by atoms with Gasteiger partial charge in [-0.1, -0.05) is 12.1 Å². The van der Waals surface area contributed by atoms with Gasteiger partial charge in [-0.3, -0.25) is 10.2 Å². The van der Waals surface area contributed by atoms with Gasteiger partial charge in [0.1, 0.15) is 5.75 Å². The number of rotatable bonds is 6. The third kappa shape index (κ3) is 3.76. The molecule has 3 N–H and O–H groups in total. The number of hydrazine groups is 1. The summed E-state index contributed by atoms with van der Waals surface area (Å²) in [5.41, 5.74) is 1.97. The van der Waals surface area contributed by atoms with E-state index >= 15 is 0 Å². The van der Waals surface area contributed by atoms with E-state index in [1.165, 1.54) is 50.6 Å². The third-order valence-corrected chi connectivity index (χ3v) is 4.36. The molecule has 8 nitrogen and oxygen atoms in total. The first kappa shape index (κ1) is 17.6. The highest BCUT2D eigenvalue weighted by atomic mass is 32.2. The Morgan fingerprint density at radius 3 is 2.33 bits per heavy atom. The second-order valence-corrected chi connectivity index (χ2v) is 6.28. The maximum atomic E-state index is 12.2. The summed E-state index contributed by atoms with van der Waals surface area (Å²) in [6, 6.07) is 9.74.